The number of aromatic amines is 2. The molecule has 10 heteroatoms. The summed E-state index contributed by atoms with van der Waals surface area (Å²) in [5, 5.41) is 12.5. The molecule has 1 aromatic rings. The van der Waals surface area contributed by atoms with Crippen molar-refractivity contribution in [1.29, 1.82) is 0 Å². The van der Waals surface area contributed by atoms with E-state index in [1.54, 1.807) is 18.7 Å². The van der Waals surface area contributed by atoms with Crippen molar-refractivity contribution in [3.63, 3.8) is 0 Å². The topological polar surface area (TPSA) is 132 Å². The zero-order chi connectivity index (χ0) is 22.4. The highest BCUT2D eigenvalue weighted by Gasteiger charge is 2.14. The molecule has 0 saturated heterocycles. The molecule has 1 aromatic heterocycles. The van der Waals surface area contributed by atoms with Crippen LogP contribution in [0.2, 0.25) is 0 Å². The molecule has 0 radical (unpaired) electrons. The average Bonchev–Trinajstić information content (AvgIpc) is 2.68. The molecule has 0 aromatic carbocycles. The summed E-state index contributed by atoms with van der Waals surface area (Å²) in [6.07, 6.45) is 9.77. The van der Waals surface area contributed by atoms with Crippen molar-refractivity contribution >= 4 is 34.5 Å². The molecule has 1 heterocycles. The number of aliphatic hydroxyl groups excluding tert-OH is 1. The van der Waals surface area contributed by atoms with E-state index in [0.29, 0.717) is 10.8 Å². The third-order valence-electron chi connectivity index (χ3n) is 4.39. The molecule has 0 bridgehead atoms. The number of aryl methyl sites for hydroxylation is 1. The second-order valence-corrected chi connectivity index (χ2v) is 10.0. The molecule has 0 saturated carbocycles. The van der Waals surface area contributed by atoms with E-state index in [2.05, 4.69) is 22.2 Å². The number of carbonyl (C=O) groups excluding carboxylic acids is 1. The number of aromatic nitrogens is 2. The van der Waals surface area contributed by atoms with Crippen molar-refractivity contribution in [3.05, 3.63) is 38.2 Å². The number of rotatable bonds is 15. The van der Waals surface area contributed by atoms with Gasteiger partial charge in [-0.15, -0.1) is 11.8 Å². The second-order valence-electron chi connectivity index (χ2n) is 7.07. The van der Waals surface area contributed by atoms with Crippen LogP contribution in [0.25, 0.3) is 6.08 Å². The third kappa shape index (κ3) is 10.9. The Morgan fingerprint density at radius 3 is 2.57 bits per heavy atom. The molecule has 0 fully saturated rings. The zero-order valence-corrected chi connectivity index (χ0v) is 19.3. The van der Waals surface area contributed by atoms with Gasteiger partial charge in [0.05, 0.1) is 23.3 Å². The normalized spacial score (nSPS) is 13.4. The number of carbonyl (C=O) groups is 1. The second kappa shape index (κ2) is 15.2. The van der Waals surface area contributed by atoms with Crippen molar-refractivity contribution in [2.75, 3.05) is 23.2 Å². The van der Waals surface area contributed by atoms with Crippen LogP contribution in [0.15, 0.2) is 15.7 Å². The zero-order valence-electron chi connectivity index (χ0n) is 17.7. The van der Waals surface area contributed by atoms with Gasteiger partial charge < -0.3 is 15.4 Å². The Morgan fingerprint density at radius 2 is 1.90 bits per heavy atom. The predicted molar refractivity (Wildman–Crippen MR) is 124 cm³/mol. The van der Waals surface area contributed by atoms with Crippen LogP contribution in [-0.4, -0.2) is 54.4 Å². The Labute approximate surface area is 183 Å². The number of H-pyrrole nitrogens is 2. The highest BCUT2D eigenvalue weighted by Crippen LogP contribution is 2.11. The van der Waals surface area contributed by atoms with E-state index in [1.807, 2.05) is 0 Å². The van der Waals surface area contributed by atoms with Gasteiger partial charge in [-0.25, -0.2) is 4.79 Å². The Hall–Kier alpha value is -1.65. The lowest BCUT2D eigenvalue weighted by molar-refractivity contribution is -0.117. The third-order valence-corrected chi connectivity index (χ3v) is 7.46. The van der Waals surface area contributed by atoms with E-state index in [1.165, 1.54) is 38.2 Å². The van der Waals surface area contributed by atoms with E-state index in [9.17, 15) is 23.7 Å². The number of aliphatic hydroxyl groups is 1. The minimum absolute atomic E-state index is 0.165. The van der Waals surface area contributed by atoms with Gasteiger partial charge in [0.15, 0.2) is 0 Å². The van der Waals surface area contributed by atoms with E-state index in [0.717, 1.165) is 18.2 Å². The van der Waals surface area contributed by atoms with Gasteiger partial charge in [0.25, 0.3) is 5.56 Å². The molecule has 1 amide bonds. The van der Waals surface area contributed by atoms with Gasteiger partial charge in [-0.2, -0.15) is 0 Å². The van der Waals surface area contributed by atoms with Crippen molar-refractivity contribution in [3.8, 4) is 0 Å². The van der Waals surface area contributed by atoms with E-state index in [-0.39, 0.29) is 17.9 Å². The molecular weight excluding hydrogens is 426 g/mol. The van der Waals surface area contributed by atoms with Crippen LogP contribution < -0.4 is 16.6 Å². The van der Waals surface area contributed by atoms with Gasteiger partial charge in [0, 0.05) is 28.3 Å². The quantitative estimate of drug-likeness (QED) is 0.233. The summed E-state index contributed by atoms with van der Waals surface area (Å²) in [7, 11) is -1.16. The molecule has 0 aliphatic carbocycles. The first-order chi connectivity index (χ1) is 14.4. The van der Waals surface area contributed by atoms with Crippen molar-refractivity contribution in [2.45, 2.75) is 58.4 Å². The van der Waals surface area contributed by atoms with Gasteiger partial charge in [0.2, 0.25) is 5.91 Å². The summed E-state index contributed by atoms with van der Waals surface area (Å²) >= 11 is 1.63. The van der Waals surface area contributed by atoms with E-state index >= 15 is 0 Å². The molecular formula is C20H33N3O5S2. The Balaban J connectivity index is 2.37. The summed E-state index contributed by atoms with van der Waals surface area (Å²) in [6.45, 7) is 3.42. The lowest BCUT2D eigenvalue weighted by atomic mass is 10.1. The molecule has 4 N–H and O–H groups in total. The first-order valence-corrected chi connectivity index (χ1v) is 12.9. The minimum Gasteiger partial charge on any atom is -0.394 e. The smallest absolute Gasteiger partial charge is 0.325 e. The Kier molecular flexibility index (Phi) is 13.4. The largest absolute Gasteiger partial charge is 0.394 e. The van der Waals surface area contributed by atoms with Gasteiger partial charge in [0.1, 0.15) is 0 Å². The van der Waals surface area contributed by atoms with Gasteiger partial charge in [-0.1, -0.05) is 39.0 Å². The summed E-state index contributed by atoms with van der Waals surface area (Å²) < 4.78 is 12.2. The highest BCUT2D eigenvalue weighted by molar-refractivity contribution is 8.10. The maximum absolute atomic E-state index is 12.2. The SMILES string of the molecule is CCCCCCCCSCS(=O)CC(CO)NC(=O)/C=C/c1c(C)[nH]c(=O)[nH]c1=O. The van der Waals surface area contributed by atoms with Gasteiger partial charge >= 0.3 is 5.69 Å². The van der Waals surface area contributed by atoms with Crippen molar-refractivity contribution < 1.29 is 14.1 Å². The first-order valence-electron chi connectivity index (χ1n) is 10.2. The molecule has 0 aliphatic rings. The first kappa shape index (κ1) is 26.4. The standard InChI is InChI=1S/C20H33N3O5S2/c1-3-4-5-6-7-8-11-29-14-30(28)13-16(12-24)22-18(25)10-9-17-15(2)21-20(27)23-19(17)26/h9-10,16,24H,3-8,11-14H2,1-2H3,(H,22,25)(H2,21,23,26,27)/b10-9+. The summed E-state index contributed by atoms with van der Waals surface area (Å²) in [5.74, 6) is 0.609. The lowest BCUT2D eigenvalue weighted by Crippen LogP contribution is -2.40. The summed E-state index contributed by atoms with van der Waals surface area (Å²) in [6, 6.07) is -0.632. The number of thioether (sulfide) groups is 1. The number of amides is 1. The molecule has 2 atom stereocenters. The summed E-state index contributed by atoms with van der Waals surface area (Å²) in [5.41, 5.74) is -0.700. The number of hydrogen-bond donors (Lipinski definition) is 4. The van der Waals surface area contributed by atoms with E-state index < -0.39 is 34.0 Å². The van der Waals surface area contributed by atoms with Crippen LogP contribution in [0.4, 0.5) is 0 Å². The van der Waals surface area contributed by atoms with Crippen LogP contribution in [0.3, 0.4) is 0 Å². The molecule has 8 nitrogen and oxygen atoms in total. The predicted octanol–water partition coefficient (Wildman–Crippen LogP) is 1.66. The average molecular weight is 460 g/mol. The molecule has 170 valence electrons. The van der Waals surface area contributed by atoms with Crippen molar-refractivity contribution in [1.82, 2.24) is 15.3 Å². The Bertz CT molecular complexity index is 819. The van der Waals surface area contributed by atoms with Gasteiger partial charge in [-0.05, 0) is 25.2 Å². The van der Waals surface area contributed by atoms with Crippen LogP contribution in [-0.2, 0) is 15.6 Å². The fraction of sp³-hybridized carbons (Fsp3) is 0.650. The molecule has 0 aliphatic heterocycles. The molecule has 1 rings (SSSR count). The van der Waals surface area contributed by atoms with Crippen LogP contribution >= 0.6 is 11.8 Å². The Morgan fingerprint density at radius 1 is 1.20 bits per heavy atom. The lowest BCUT2D eigenvalue weighted by Gasteiger charge is -2.14. The van der Waals surface area contributed by atoms with Crippen LogP contribution in [0.5, 0.6) is 0 Å². The number of hydrogen-bond acceptors (Lipinski definition) is 6. The number of unbranched alkanes of at least 4 members (excludes halogenated alkanes) is 5. The fourth-order valence-electron chi connectivity index (χ4n) is 2.77. The summed E-state index contributed by atoms with van der Waals surface area (Å²) in [4.78, 5) is 39.6. The van der Waals surface area contributed by atoms with E-state index in [4.69, 9.17) is 0 Å². The van der Waals surface area contributed by atoms with Crippen LogP contribution in [0.1, 0.15) is 56.7 Å². The minimum atomic E-state index is -1.16. The van der Waals surface area contributed by atoms with Crippen LogP contribution in [0, 0.1) is 6.92 Å². The van der Waals surface area contributed by atoms with Gasteiger partial charge in [-0.3, -0.25) is 18.8 Å². The maximum atomic E-state index is 12.2. The van der Waals surface area contributed by atoms with Crippen molar-refractivity contribution in [2.24, 2.45) is 0 Å². The molecule has 0 spiro atoms. The maximum Gasteiger partial charge on any atom is 0.325 e. The molecule has 2 unspecified atom stereocenters. The number of nitrogens with one attached hydrogen (secondary N) is 3. The highest BCUT2D eigenvalue weighted by atomic mass is 32.2. The fourth-order valence-corrected chi connectivity index (χ4v) is 5.41. The molecule has 30 heavy (non-hydrogen) atoms. The monoisotopic (exact) mass is 459 g/mol.